The molecule has 2 saturated heterocycles. The van der Waals surface area contributed by atoms with E-state index in [9.17, 15) is 19.2 Å². The highest BCUT2D eigenvalue weighted by Crippen LogP contribution is 2.29. The smallest absolute Gasteiger partial charge is 0.288 e. The van der Waals surface area contributed by atoms with Crippen LogP contribution in [0.5, 0.6) is 0 Å². The van der Waals surface area contributed by atoms with Gasteiger partial charge in [0.25, 0.3) is 5.24 Å². The quantitative estimate of drug-likeness (QED) is 0.792. The molecule has 1 saturated carbocycles. The van der Waals surface area contributed by atoms with Crippen LogP contribution in [-0.4, -0.2) is 64.2 Å². The molecule has 0 aromatic carbocycles. The maximum Gasteiger partial charge on any atom is 0.288 e. The summed E-state index contributed by atoms with van der Waals surface area (Å²) in [5.41, 5.74) is 0. The van der Waals surface area contributed by atoms with Crippen LogP contribution >= 0.6 is 11.8 Å². The van der Waals surface area contributed by atoms with E-state index in [2.05, 4.69) is 5.32 Å². The van der Waals surface area contributed by atoms with E-state index in [0.717, 1.165) is 42.3 Å². The first kappa shape index (κ1) is 16.3. The minimum atomic E-state index is -0.317. The first-order valence-corrected chi connectivity index (χ1v) is 9.09. The van der Waals surface area contributed by atoms with Gasteiger partial charge in [-0.05, 0) is 12.8 Å². The number of amides is 4. The van der Waals surface area contributed by atoms with E-state index < -0.39 is 0 Å². The molecule has 2 heterocycles. The molecule has 0 bridgehead atoms. The molecule has 0 aromatic rings. The van der Waals surface area contributed by atoms with E-state index in [1.165, 1.54) is 0 Å². The zero-order chi connectivity index (χ0) is 16.4. The van der Waals surface area contributed by atoms with Gasteiger partial charge in [0.05, 0.1) is 11.7 Å². The van der Waals surface area contributed by atoms with Crippen molar-refractivity contribution in [3.05, 3.63) is 0 Å². The molecule has 23 heavy (non-hydrogen) atoms. The minimum Gasteiger partial charge on any atom is -0.354 e. The highest BCUT2D eigenvalue weighted by Gasteiger charge is 2.38. The average Bonchev–Trinajstić information content (AvgIpc) is 3.23. The zero-order valence-corrected chi connectivity index (χ0v) is 13.8. The summed E-state index contributed by atoms with van der Waals surface area (Å²) in [6, 6.07) is 0.303. The summed E-state index contributed by atoms with van der Waals surface area (Å²) >= 11 is 0.986. The zero-order valence-electron chi connectivity index (χ0n) is 13.0. The van der Waals surface area contributed by atoms with E-state index >= 15 is 0 Å². The Balaban J connectivity index is 1.44. The maximum atomic E-state index is 12.2. The molecule has 3 rings (SSSR count). The maximum absolute atomic E-state index is 12.2. The van der Waals surface area contributed by atoms with Gasteiger partial charge in [0, 0.05) is 32.1 Å². The Morgan fingerprint density at radius 1 is 1.17 bits per heavy atom. The van der Waals surface area contributed by atoms with Crippen molar-refractivity contribution < 1.29 is 19.2 Å². The number of likely N-dealkylation sites (tertiary alicyclic amines) is 1. The van der Waals surface area contributed by atoms with Crippen molar-refractivity contribution >= 4 is 34.7 Å². The number of rotatable bonds is 5. The van der Waals surface area contributed by atoms with Gasteiger partial charge in [0.15, 0.2) is 0 Å². The molecule has 126 valence electrons. The number of carbonyl (C=O) groups is 4. The average molecular weight is 339 g/mol. The summed E-state index contributed by atoms with van der Waals surface area (Å²) in [5, 5.41) is 2.49. The molecule has 7 nitrogen and oxygen atoms in total. The molecule has 8 heteroatoms. The van der Waals surface area contributed by atoms with Crippen molar-refractivity contribution in [1.29, 1.82) is 0 Å². The van der Waals surface area contributed by atoms with Crippen LogP contribution in [0, 0.1) is 5.92 Å². The number of hydrogen-bond acceptors (Lipinski definition) is 5. The van der Waals surface area contributed by atoms with Crippen LogP contribution in [0.1, 0.15) is 32.1 Å². The molecule has 0 aromatic heterocycles. The third kappa shape index (κ3) is 3.52. The van der Waals surface area contributed by atoms with Crippen molar-refractivity contribution in [2.75, 3.05) is 25.4 Å². The van der Waals surface area contributed by atoms with Crippen LogP contribution in [0.3, 0.4) is 0 Å². The van der Waals surface area contributed by atoms with E-state index in [-0.39, 0.29) is 54.1 Å². The van der Waals surface area contributed by atoms with Crippen molar-refractivity contribution in [2.24, 2.45) is 5.92 Å². The van der Waals surface area contributed by atoms with E-state index in [0.29, 0.717) is 12.6 Å². The Kier molecular flexibility index (Phi) is 4.89. The number of imide groups is 1. The number of carbonyl (C=O) groups excluding carboxylic acids is 4. The van der Waals surface area contributed by atoms with Crippen LogP contribution in [-0.2, 0) is 14.4 Å². The summed E-state index contributed by atoms with van der Waals surface area (Å²) in [5.74, 6) is -0.440. The Morgan fingerprint density at radius 3 is 2.57 bits per heavy atom. The predicted octanol–water partition coefficient (Wildman–Crippen LogP) is 0.589. The Bertz CT molecular complexity index is 517. The summed E-state index contributed by atoms with van der Waals surface area (Å²) in [6.07, 6.45) is 4.65. The third-order valence-corrected chi connectivity index (χ3v) is 5.63. The van der Waals surface area contributed by atoms with E-state index in [1.54, 1.807) is 0 Å². The van der Waals surface area contributed by atoms with Gasteiger partial charge < -0.3 is 10.2 Å². The molecule has 2 aliphatic heterocycles. The third-order valence-electron chi connectivity index (χ3n) is 4.77. The number of nitrogens with zero attached hydrogens (tertiary/aromatic N) is 2. The van der Waals surface area contributed by atoms with Gasteiger partial charge in [-0.2, -0.15) is 0 Å². The second kappa shape index (κ2) is 6.90. The molecule has 1 N–H and O–H groups in total. The van der Waals surface area contributed by atoms with Gasteiger partial charge in [0.1, 0.15) is 0 Å². The van der Waals surface area contributed by atoms with Crippen LogP contribution < -0.4 is 5.32 Å². The number of thioether (sulfide) groups is 1. The van der Waals surface area contributed by atoms with Gasteiger partial charge in [-0.3, -0.25) is 24.1 Å². The molecule has 4 amide bonds. The summed E-state index contributed by atoms with van der Waals surface area (Å²) in [4.78, 5) is 50.2. The van der Waals surface area contributed by atoms with Crippen molar-refractivity contribution in [2.45, 2.75) is 38.1 Å². The van der Waals surface area contributed by atoms with Crippen LogP contribution in [0.25, 0.3) is 0 Å². The Morgan fingerprint density at radius 2 is 1.91 bits per heavy atom. The van der Waals surface area contributed by atoms with Crippen LogP contribution in [0.2, 0.25) is 0 Å². The fourth-order valence-electron chi connectivity index (χ4n) is 3.51. The van der Waals surface area contributed by atoms with Crippen LogP contribution in [0.15, 0.2) is 0 Å². The molecular formula is C15H21N3O4S. The molecule has 1 atom stereocenters. The summed E-state index contributed by atoms with van der Waals surface area (Å²) in [6.45, 7) is 0.932. The van der Waals surface area contributed by atoms with Crippen molar-refractivity contribution in [3.8, 4) is 0 Å². The lowest BCUT2D eigenvalue weighted by molar-refractivity contribution is -0.130. The highest BCUT2D eigenvalue weighted by molar-refractivity contribution is 8.14. The van der Waals surface area contributed by atoms with Crippen molar-refractivity contribution in [3.63, 3.8) is 0 Å². The first-order valence-electron chi connectivity index (χ1n) is 8.10. The van der Waals surface area contributed by atoms with Crippen LogP contribution in [0.4, 0.5) is 4.79 Å². The molecule has 1 unspecified atom stereocenters. The largest absolute Gasteiger partial charge is 0.354 e. The van der Waals surface area contributed by atoms with Gasteiger partial charge in [0.2, 0.25) is 17.7 Å². The Hall–Kier alpha value is -1.57. The SMILES string of the molecule is O=C(NCCN1C(=O)CSC1=O)C1CC(=O)N(C2CCCC2)C1. The Labute approximate surface area is 139 Å². The lowest BCUT2D eigenvalue weighted by atomic mass is 10.1. The number of nitrogens with one attached hydrogen (secondary N) is 1. The standard InChI is InChI=1S/C15H21N3O4S/c19-12-7-10(8-18(12)11-3-1-2-4-11)14(21)16-5-6-17-13(20)9-23-15(17)22/h10-11H,1-9H2,(H,16,21). The first-order chi connectivity index (χ1) is 11.1. The predicted molar refractivity (Wildman–Crippen MR) is 84.7 cm³/mol. The molecule has 3 aliphatic rings. The number of hydrogen-bond donors (Lipinski definition) is 1. The van der Waals surface area contributed by atoms with Crippen molar-refractivity contribution in [1.82, 2.24) is 15.1 Å². The van der Waals surface area contributed by atoms with Gasteiger partial charge >= 0.3 is 0 Å². The summed E-state index contributed by atoms with van der Waals surface area (Å²) in [7, 11) is 0. The van der Waals surface area contributed by atoms with E-state index in [1.807, 2.05) is 4.90 Å². The lowest BCUT2D eigenvalue weighted by Gasteiger charge is -2.24. The van der Waals surface area contributed by atoms with Gasteiger partial charge in [-0.25, -0.2) is 0 Å². The van der Waals surface area contributed by atoms with Gasteiger partial charge in [-0.15, -0.1) is 0 Å². The molecule has 1 aliphatic carbocycles. The highest BCUT2D eigenvalue weighted by atomic mass is 32.2. The molecular weight excluding hydrogens is 318 g/mol. The summed E-state index contributed by atoms with van der Waals surface area (Å²) < 4.78 is 0. The monoisotopic (exact) mass is 339 g/mol. The molecule has 0 spiro atoms. The minimum absolute atomic E-state index is 0.0679. The second-order valence-corrected chi connectivity index (χ2v) is 7.20. The van der Waals surface area contributed by atoms with E-state index in [4.69, 9.17) is 0 Å². The lowest BCUT2D eigenvalue weighted by Crippen LogP contribution is -2.40. The second-order valence-electron chi connectivity index (χ2n) is 6.28. The topological polar surface area (TPSA) is 86.8 Å². The fraction of sp³-hybridized carbons (Fsp3) is 0.733. The molecule has 0 radical (unpaired) electrons. The van der Waals surface area contributed by atoms with Gasteiger partial charge in [-0.1, -0.05) is 24.6 Å². The molecule has 3 fully saturated rings. The fourth-order valence-corrected chi connectivity index (χ4v) is 4.26. The normalized spacial score (nSPS) is 25.7.